The van der Waals surface area contributed by atoms with Gasteiger partial charge in [-0.25, -0.2) is 0 Å². The van der Waals surface area contributed by atoms with Gasteiger partial charge in [-0.2, -0.15) is 0 Å². The normalized spacial score (nSPS) is 19.9. The number of aliphatic hydroxyl groups is 4. The highest BCUT2D eigenvalue weighted by molar-refractivity contribution is 5.69. The molecule has 1 aliphatic heterocycles. The van der Waals surface area contributed by atoms with Crippen molar-refractivity contribution in [1.29, 1.82) is 0 Å². The lowest BCUT2D eigenvalue weighted by atomic mass is 9.99. The van der Waals surface area contributed by atoms with E-state index in [1.165, 1.54) is 173 Å². The minimum Gasteiger partial charge on any atom is -0.457 e. The van der Waals surface area contributed by atoms with E-state index in [4.69, 9.17) is 18.9 Å². The maximum atomic E-state index is 12.8. The first-order valence-corrected chi connectivity index (χ1v) is 26.6. The first-order valence-electron chi connectivity index (χ1n) is 26.6. The summed E-state index contributed by atoms with van der Waals surface area (Å²) in [5.74, 6) is -0.314. The van der Waals surface area contributed by atoms with Crippen molar-refractivity contribution in [3.63, 3.8) is 0 Å². The Bertz CT molecular complexity index is 1060. The monoisotopic (exact) mass is 893 g/mol. The number of allylic oxidation sites excluding steroid dienone is 6. The average molecular weight is 893 g/mol. The molecule has 63 heavy (non-hydrogen) atoms. The molecule has 0 spiro atoms. The van der Waals surface area contributed by atoms with Crippen LogP contribution in [0.3, 0.4) is 0 Å². The molecule has 6 atom stereocenters. The van der Waals surface area contributed by atoms with Crippen LogP contribution in [0.4, 0.5) is 0 Å². The molecular formula is C54H100O9. The van der Waals surface area contributed by atoms with Gasteiger partial charge in [-0.1, -0.05) is 217 Å². The van der Waals surface area contributed by atoms with E-state index in [9.17, 15) is 25.2 Å². The van der Waals surface area contributed by atoms with Gasteiger partial charge in [0.25, 0.3) is 0 Å². The molecule has 0 aromatic rings. The number of rotatable bonds is 46. The second-order valence-corrected chi connectivity index (χ2v) is 18.3. The van der Waals surface area contributed by atoms with Gasteiger partial charge in [0.05, 0.1) is 19.8 Å². The molecule has 1 fully saturated rings. The number of aliphatic hydroxyl groups excluding tert-OH is 4. The summed E-state index contributed by atoms with van der Waals surface area (Å²) >= 11 is 0. The van der Waals surface area contributed by atoms with E-state index in [2.05, 4.69) is 50.3 Å². The summed E-state index contributed by atoms with van der Waals surface area (Å²) in [6, 6.07) is 0. The maximum Gasteiger partial charge on any atom is 0.306 e. The Labute approximate surface area is 387 Å². The van der Waals surface area contributed by atoms with Crippen LogP contribution in [0.25, 0.3) is 0 Å². The Balaban J connectivity index is 2.17. The highest BCUT2D eigenvalue weighted by Gasteiger charge is 2.44. The highest BCUT2D eigenvalue weighted by Crippen LogP contribution is 2.23. The molecule has 6 unspecified atom stereocenters. The van der Waals surface area contributed by atoms with E-state index in [0.717, 1.165) is 44.9 Å². The van der Waals surface area contributed by atoms with E-state index in [0.29, 0.717) is 13.0 Å². The van der Waals surface area contributed by atoms with Gasteiger partial charge in [0.1, 0.15) is 30.5 Å². The zero-order valence-electron chi connectivity index (χ0n) is 40.8. The summed E-state index contributed by atoms with van der Waals surface area (Å²) in [6.45, 7) is 4.58. The van der Waals surface area contributed by atoms with Crippen LogP contribution in [0.5, 0.6) is 0 Å². The van der Waals surface area contributed by atoms with Crippen molar-refractivity contribution >= 4 is 5.97 Å². The van der Waals surface area contributed by atoms with E-state index < -0.39 is 43.4 Å². The van der Waals surface area contributed by atoms with Gasteiger partial charge in [0.15, 0.2) is 6.29 Å². The van der Waals surface area contributed by atoms with Crippen LogP contribution in [-0.4, -0.2) is 89.6 Å². The smallest absolute Gasteiger partial charge is 0.306 e. The van der Waals surface area contributed by atoms with Crippen LogP contribution in [-0.2, 0) is 23.7 Å². The zero-order chi connectivity index (χ0) is 45.7. The second kappa shape index (κ2) is 45.6. The van der Waals surface area contributed by atoms with Gasteiger partial charge < -0.3 is 39.4 Å². The summed E-state index contributed by atoms with van der Waals surface area (Å²) in [6.07, 6.45) is 48.9. The number of carbonyl (C=O) groups is 1. The molecule has 0 aromatic heterocycles. The van der Waals surface area contributed by atoms with Gasteiger partial charge in [-0.15, -0.1) is 0 Å². The van der Waals surface area contributed by atoms with E-state index in [1.54, 1.807) is 0 Å². The van der Waals surface area contributed by atoms with Gasteiger partial charge in [0, 0.05) is 13.0 Å². The van der Waals surface area contributed by atoms with Crippen LogP contribution in [0.1, 0.15) is 239 Å². The molecular weight excluding hydrogens is 793 g/mol. The number of hydrogen-bond acceptors (Lipinski definition) is 9. The standard InChI is InChI=1S/C54H100O9/c1-3-5-7-9-11-13-15-17-19-20-21-22-23-24-25-26-27-28-29-31-33-35-37-39-41-43-50(56)62-48(47-61-54-53(59)52(58)51(57)49(45-55)63-54)46-60-44-42-40-38-36-34-32-30-18-16-14-12-10-8-6-4-2/h15,17,20-21,23-24,48-49,51-55,57-59H,3-14,16,18-19,22,25-47H2,1-2H3/b17-15-,21-20-,24-23-. The van der Waals surface area contributed by atoms with Crippen molar-refractivity contribution in [3.8, 4) is 0 Å². The summed E-state index contributed by atoms with van der Waals surface area (Å²) in [7, 11) is 0. The van der Waals surface area contributed by atoms with E-state index in [1.807, 2.05) is 0 Å². The predicted molar refractivity (Wildman–Crippen MR) is 261 cm³/mol. The topological polar surface area (TPSA) is 135 Å². The summed E-state index contributed by atoms with van der Waals surface area (Å²) in [4.78, 5) is 12.8. The molecule has 1 saturated heterocycles. The maximum absolute atomic E-state index is 12.8. The van der Waals surface area contributed by atoms with E-state index >= 15 is 0 Å². The van der Waals surface area contributed by atoms with E-state index in [-0.39, 0.29) is 19.2 Å². The molecule has 0 radical (unpaired) electrons. The Morgan fingerprint density at radius 1 is 0.508 bits per heavy atom. The number of unbranched alkanes of at least 4 members (excludes halogenated alkanes) is 29. The molecule has 1 rings (SSSR count). The van der Waals surface area contributed by atoms with Gasteiger partial charge in [0.2, 0.25) is 0 Å². The Kier molecular flexibility index (Phi) is 43.0. The molecule has 0 bridgehead atoms. The largest absolute Gasteiger partial charge is 0.457 e. The lowest BCUT2D eigenvalue weighted by Gasteiger charge is -2.39. The van der Waals surface area contributed by atoms with Crippen molar-refractivity contribution in [2.45, 2.75) is 275 Å². The third-order valence-electron chi connectivity index (χ3n) is 12.3. The molecule has 0 aromatic carbocycles. The number of hydrogen-bond donors (Lipinski definition) is 4. The number of esters is 1. The predicted octanol–water partition coefficient (Wildman–Crippen LogP) is 13.1. The minimum absolute atomic E-state index is 0.112. The molecule has 4 N–H and O–H groups in total. The van der Waals surface area contributed by atoms with Crippen molar-refractivity contribution in [3.05, 3.63) is 36.5 Å². The average Bonchev–Trinajstić information content (AvgIpc) is 3.28. The summed E-state index contributed by atoms with van der Waals surface area (Å²) < 4.78 is 22.9. The van der Waals surface area contributed by atoms with Crippen molar-refractivity contribution in [2.75, 3.05) is 26.4 Å². The lowest BCUT2D eigenvalue weighted by molar-refractivity contribution is -0.305. The summed E-state index contributed by atoms with van der Waals surface area (Å²) in [5.41, 5.74) is 0. The van der Waals surface area contributed by atoms with Crippen molar-refractivity contribution in [2.24, 2.45) is 0 Å². The Hall–Kier alpha value is -1.59. The fraction of sp³-hybridized carbons (Fsp3) is 0.870. The molecule has 9 nitrogen and oxygen atoms in total. The number of ether oxygens (including phenoxy) is 4. The first-order chi connectivity index (χ1) is 30.9. The molecule has 1 aliphatic rings. The second-order valence-electron chi connectivity index (χ2n) is 18.3. The van der Waals surface area contributed by atoms with Gasteiger partial charge in [-0.05, 0) is 51.4 Å². The minimum atomic E-state index is -1.54. The molecule has 370 valence electrons. The molecule has 0 aliphatic carbocycles. The molecule has 9 heteroatoms. The fourth-order valence-electron chi connectivity index (χ4n) is 8.15. The zero-order valence-corrected chi connectivity index (χ0v) is 40.8. The van der Waals surface area contributed by atoms with Crippen LogP contribution >= 0.6 is 0 Å². The van der Waals surface area contributed by atoms with Crippen LogP contribution < -0.4 is 0 Å². The molecule has 0 saturated carbocycles. The quantitative estimate of drug-likeness (QED) is 0.0268. The van der Waals surface area contributed by atoms with Crippen LogP contribution in [0.2, 0.25) is 0 Å². The summed E-state index contributed by atoms with van der Waals surface area (Å²) in [5, 5.41) is 40.2. The van der Waals surface area contributed by atoms with Crippen molar-refractivity contribution in [1.82, 2.24) is 0 Å². The highest BCUT2D eigenvalue weighted by atomic mass is 16.7. The lowest BCUT2D eigenvalue weighted by Crippen LogP contribution is -2.59. The molecule has 0 amide bonds. The third-order valence-corrected chi connectivity index (χ3v) is 12.3. The van der Waals surface area contributed by atoms with Crippen LogP contribution in [0.15, 0.2) is 36.5 Å². The molecule has 1 heterocycles. The van der Waals surface area contributed by atoms with Gasteiger partial charge in [-0.3, -0.25) is 4.79 Å². The third kappa shape index (κ3) is 36.2. The van der Waals surface area contributed by atoms with Crippen molar-refractivity contribution < 1.29 is 44.2 Å². The Morgan fingerprint density at radius 3 is 1.38 bits per heavy atom. The SMILES string of the molecule is CCCCCCC/C=C\C/C=C\C/C=C\CCCCCCCCCCCCC(=O)OC(COCCCCCCCCCCCCCCCCC)COC1OC(CO)C(O)C(O)C1O. The first kappa shape index (κ1) is 59.4. The Morgan fingerprint density at radius 2 is 0.921 bits per heavy atom. The van der Waals surface area contributed by atoms with Crippen LogP contribution in [0, 0.1) is 0 Å². The van der Waals surface area contributed by atoms with Gasteiger partial charge >= 0.3 is 5.97 Å². The fourth-order valence-corrected chi connectivity index (χ4v) is 8.15. The number of carbonyl (C=O) groups excluding carboxylic acids is 1.